The Kier molecular flexibility index (Phi) is 7.77. The lowest BCUT2D eigenvalue weighted by Crippen LogP contribution is -2.49. The summed E-state index contributed by atoms with van der Waals surface area (Å²) in [5.41, 5.74) is -0.768. The van der Waals surface area contributed by atoms with Crippen LogP contribution in [-0.2, 0) is 15.8 Å². The van der Waals surface area contributed by atoms with E-state index in [-0.39, 0.29) is 23.4 Å². The van der Waals surface area contributed by atoms with Crippen molar-refractivity contribution in [3.63, 3.8) is 0 Å². The fraction of sp³-hybridized carbons (Fsp3) is 0.552. The largest absolute Gasteiger partial charge is 0.480 e. The van der Waals surface area contributed by atoms with E-state index in [9.17, 15) is 27.9 Å². The summed E-state index contributed by atoms with van der Waals surface area (Å²) in [6.45, 7) is 7.05. The fourth-order valence-electron chi connectivity index (χ4n) is 6.09. The van der Waals surface area contributed by atoms with Gasteiger partial charge in [-0.05, 0) is 36.8 Å². The first-order valence-electron chi connectivity index (χ1n) is 13.1. The lowest BCUT2D eigenvalue weighted by Gasteiger charge is -2.35. The molecule has 4 rings (SSSR count). The predicted octanol–water partition coefficient (Wildman–Crippen LogP) is 6.44. The Morgan fingerprint density at radius 3 is 2.21 bits per heavy atom. The Hall–Kier alpha value is -3.10. The number of aryl methyl sites for hydroxylation is 1. The van der Waals surface area contributed by atoms with Crippen molar-refractivity contribution in [3.8, 4) is 5.88 Å². The number of benzene rings is 1. The van der Waals surface area contributed by atoms with E-state index in [0.717, 1.165) is 31.4 Å². The molecule has 0 radical (unpaired) electrons. The quantitative estimate of drug-likeness (QED) is 0.480. The molecule has 1 aromatic carbocycles. The van der Waals surface area contributed by atoms with Crippen LogP contribution in [0.2, 0.25) is 0 Å². The summed E-state index contributed by atoms with van der Waals surface area (Å²) in [6, 6.07) is 8.76. The molecule has 1 amide bonds. The van der Waals surface area contributed by atoms with Gasteiger partial charge in [-0.2, -0.15) is 13.2 Å². The van der Waals surface area contributed by atoms with Gasteiger partial charge in [0.1, 0.15) is 12.1 Å². The van der Waals surface area contributed by atoms with Crippen molar-refractivity contribution >= 4 is 11.9 Å². The third-order valence-electron chi connectivity index (χ3n) is 7.72. The highest BCUT2D eigenvalue weighted by Crippen LogP contribution is 2.50. The molecule has 1 aliphatic heterocycles. The van der Waals surface area contributed by atoms with Crippen LogP contribution in [0.1, 0.15) is 75.7 Å². The van der Waals surface area contributed by atoms with Gasteiger partial charge in [0.2, 0.25) is 11.8 Å². The molecule has 1 aliphatic carbocycles. The summed E-state index contributed by atoms with van der Waals surface area (Å²) in [7, 11) is 0. The van der Waals surface area contributed by atoms with Gasteiger partial charge in [0.15, 0.2) is 0 Å². The van der Waals surface area contributed by atoms with Crippen LogP contribution in [0.25, 0.3) is 0 Å². The summed E-state index contributed by atoms with van der Waals surface area (Å²) in [4.78, 5) is 32.6. The third-order valence-corrected chi connectivity index (χ3v) is 7.72. The highest BCUT2D eigenvalue weighted by Gasteiger charge is 2.60. The second kappa shape index (κ2) is 10.6. The Balaban J connectivity index is 1.88. The number of carbonyl (C=O) groups is 2. The molecule has 0 bridgehead atoms. The lowest BCUT2D eigenvalue weighted by atomic mass is 9.73. The number of carboxylic acid groups (broad SMARTS) is 1. The van der Waals surface area contributed by atoms with Crippen LogP contribution in [0.3, 0.4) is 0 Å². The van der Waals surface area contributed by atoms with Crippen molar-refractivity contribution in [2.45, 2.75) is 84.2 Å². The predicted molar refractivity (Wildman–Crippen MR) is 135 cm³/mol. The molecule has 38 heavy (non-hydrogen) atoms. The Labute approximate surface area is 221 Å². The number of likely N-dealkylation sites (tertiary alicyclic amines) is 1. The fourth-order valence-corrected chi connectivity index (χ4v) is 6.09. The minimum Gasteiger partial charge on any atom is -0.480 e. The molecule has 1 N–H and O–H groups in total. The number of carbonyl (C=O) groups excluding carboxylic acids is 1. The van der Waals surface area contributed by atoms with Crippen LogP contribution in [-0.4, -0.2) is 39.0 Å². The molecular weight excluding hydrogens is 497 g/mol. The molecule has 2 heterocycles. The summed E-state index contributed by atoms with van der Waals surface area (Å²) in [5, 5.41) is 10.5. The average molecular weight is 533 g/mol. The van der Waals surface area contributed by atoms with Crippen molar-refractivity contribution in [2.24, 2.45) is 17.3 Å². The Morgan fingerprint density at radius 1 is 1.03 bits per heavy atom. The van der Waals surface area contributed by atoms with E-state index in [1.54, 1.807) is 24.3 Å². The van der Waals surface area contributed by atoms with Crippen LogP contribution in [0.5, 0.6) is 5.88 Å². The second-order valence-electron chi connectivity index (χ2n) is 11.5. The van der Waals surface area contributed by atoms with Crippen LogP contribution in [0.4, 0.5) is 13.2 Å². The van der Waals surface area contributed by atoms with Gasteiger partial charge in [0, 0.05) is 23.6 Å². The normalized spacial score (nSPS) is 24.9. The Bertz CT molecular complexity index is 1160. The number of rotatable bonds is 5. The number of aliphatic carboxylic acids is 1. The molecule has 9 heteroatoms. The monoisotopic (exact) mass is 532 g/mol. The molecule has 1 aromatic heterocycles. The van der Waals surface area contributed by atoms with E-state index in [1.807, 2.05) is 26.8 Å². The van der Waals surface area contributed by atoms with E-state index in [1.165, 1.54) is 11.8 Å². The molecule has 2 aliphatic rings. The minimum atomic E-state index is -4.60. The maximum absolute atomic E-state index is 14.1. The number of aromatic nitrogens is 1. The number of pyridine rings is 1. The smallest absolute Gasteiger partial charge is 0.416 e. The van der Waals surface area contributed by atoms with Gasteiger partial charge >= 0.3 is 12.1 Å². The minimum absolute atomic E-state index is 0.126. The SMILES string of the molecule is Cc1cc(C(F)(F)F)cc(OC2C(c3ccccc3)N(C(=O)C3CCCCC3)C(C(=O)O)C2C(C)(C)C)n1. The van der Waals surface area contributed by atoms with Crippen LogP contribution in [0, 0.1) is 24.2 Å². The summed E-state index contributed by atoms with van der Waals surface area (Å²) < 4.78 is 47.1. The van der Waals surface area contributed by atoms with Gasteiger partial charge in [-0.25, -0.2) is 9.78 Å². The molecule has 4 atom stereocenters. The number of hydrogen-bond acceptors (Lipinski definition) is 4. The number of alkyl halides is 3. The standard InChI is InChI=1S/C29H35F3N2O4/c1-17-15-20(29(30,31)32)16-21(33-17)38-25-22(28(2,3)4)24(27(36)37)34(23(25)18-11-7-5-8-12-18)26(35)19-13-9-6-10-14-19/h5,7-8,11-12,15-16,19,22-25H,6,9-10,13-14H2,1-4H3,(H,36,37). The number of halogens is 3. The maximum atomic E-state index is 14.1. The molecule has 6 nitrogen and oxygen atoms in total. The number of hydrogen-bond donors (Lipinski definition) is 1. The van der Waals surface area contributed by atoms with Crippen molar-refractivity contribution in [2.75, 3.05) is 0 Å². The van der Waals surface area contributed by atoms with E-state index in [4.69, 9.17) is 4.74 Å². The first-order chi connectivity index (χ1) is 17.8. The molecule has 2 fully saturated rings. The van der Waals surface area contributed by atoms with Gasteiger partial charge in [0.25, 0.3) is 0 Å². The van der Waals surface area contributed by atoms with Gasteiger partial charge in [-0.1, -0.05) is 70.4 Å². The maximum Gasteiger partial charge on any atom is 0.416 e. The summed E-state index contributed by atoms with van der Waals surface area (Å²) >= 11 is 0. The summed E-state index contributed by atoms with van der Waals surface area (Å²) in [6.07, 6.45) is -1.35. The zero-order valence-electron chi connectivity index (χ0n) is 22.2. The molecular formula is C29H35F3N2O4. The molecule has 0 spiro atoms. The van der Waals surface area contributed by atoms with Crippen molar-refractivity contribution in [1.29, 1.82) is 0 Å². The van der Waals surface area contributed by atoms with Crippen LogP contribution in [0.15, 0.2) is 42.5 Å². The highest BCUT2D eigenvalue weighted by atomic mass is 19.4. The summed E-state index contributed by atoms with van der Waals surface area (Å²) in [5.74, 6) is -2.66. The molecule has 2 aromatic rings. The second-order valence-corrected chi connectivity index (χ2v) is 11.5. The molecule has 206 valence electrons. The van der Waals surface area contributed by atoms with Crippen molar-refractivity contribution in [1.82, 2.24) is 9.88 Å². The molecule has 1 saturated heterocycles. The van der Waals surface area contributed by atoms with Crippen molar-refractivity contribution < 1.29 is 32.6 Å². The zero-order chi connectivity index (χ0) is 27.8. The van der Waals surface area contributed by atoms with E-state index in [0.29, 0.717) is 18.4 Å². The van der Waals surface area contributed by atoms with Gasteiger partial charge in [0.05, 0.1) is 11.6 Å². The van der Waals surface area contributed by atoms with E-state index < -0.39 is 47.2 Å². The average Bonchev–Trinajstić information content (AvgIpc) is 3.19. The van der Waals surface area contributed by atoms with Crippen LogP contribution >= 0.6 is 0 Å². The first kappa shape index (κ1) is 27.9. The van der Waals surface area contributed by atoms with Gasteiger partial charge in [-0.15, -0.1) is 0 Å². The van der Waals surface area contributed by atoms with E-state index >= 15 is 0 Å². The number of amides is 1. The van der Waals surface area contributed by atoms with Crippen LogP contribution < -0.4 is 4.74 Å². The van der Waals surface area contributed by atoms with Gasteiger partial charge in [-0.3, -0.25) is 4.79 Å². The third kappa shape index (κ3) is 5.66. The lowest BCUT2D eigenvalue weighted by molar-refractivity contribution is -0.154. The first-order valence-corrected chi connectivity index (χ1v) is 13.1. The zero-order valence-corrected chi connectivity index (χ0v) is 22.2. The number of ether oxygens (including phenoxy) is 1. The van der Waals surface area contributed by atoms with E-state index in [2.05, 4.69) is 4.98 Å². The topological polar surface area (TPSA) is 79.7 Å². The number of nitrogens with zero attached hydrogens (tertiary/aromatic N) is 2. The van der Waals surface area contributed by atoms with Gasteiger partial charge < -0.3 is 14.7 Å². The number of carboxylic acids is 1. The molecule has 4 unspecified atom stereocenters. The Morgan fingerprint density at radius 2 is 1.66 bits per heavy atom. The highest BCUT2D eigenvalue weighted by molar-refractivity contribution is 5.87. The molecule has 1 saturated carbocycles. The van der Waals surface area contributed by atoms with Crippen molar-refractivity contribution in [3.05, 3.63) is 59.3 Å².